The second-order valence-corrected chi connectivity index (χ2v) is 2.52. The Morgan fingerprint density at radius 1 is 1.20 bits per heavy atom. The normalized spacial score (nSPS) is 10.1. The Bertz CT molecular complexity index is 471. The van der Waals surface area contributed by atoms with E-state index in [2.05, 4.69) is 0 Å². The molecule has 1 aromatic rings. The van der Waals surface area contributed by atoms with Gasteiger partial charge in [-0.05, 0) is 18.1 Å². The van der Waals surface area contributed by atoms with Crippen molar-refractivity contribution in [2.45, 2.75) is 6.18 Å². The first-order valence-corrected chi connectivity index (χ1v) is 3.72. The van der Waals surface area contributed by atoms with E-state index in [1.807, 2.05) is 5.92 Å². The Morgan fingerprint density at radius 2 is 1.87 bits per heavy atom. The summed E-state index contributed by atoms with van der Waals surface area (Å²) in [5.74, 6) is 2.34. The number of nitriles is 1. The predicted molar refractivity (Wildman–Crippen MR) is 43.9 cm³/mol. The first-order valence-electron chi connectivity index (χ1n) is 3.72. The van der Waals surface area contributed by atoms with Crippen LogP contribution in [-0.2, 0) is 6.18 Å². The van der Waals surface area contributed by atoms with Gasteiger partial charge >= 0.3 is 6.18 Å². The zero-order valence-corrected chi connectivity index (χ0v) is 7.19. The van der Waals surface area contributed by atoms with Crippen LogP contribution in [-0.4, -0.2) is 0 Å². The summed E-state index contributed by atoms with van der Waals surface area (Å²) in [6, 6.07) is 4.17. The lowest BCUT2D eigenvalue weighted by Crippen LogP contribution is -2.10. The number of alkyl halides is 3. The van der Waals surface area contributed by atoms with Gasteiger partial charge in [0.05, 0.1) is 0 Å². The molecule has 0 aromatic heterocycles. The Hall–Kier alpha value is -2.01. The van der Waals surface area contributed by atoms with Crippen molar-refractivity contribution in [1.29, 1.82) is 5.26 Å². The van der Waals surface area contributed by atoms with E-state index < -0.39 is 23.1 Å². The van der Waals surface area contributed by atoms with Gasteiger partial charge in [0.15, 0.2) is 6.07 Å². The minimum absolute atomic E-state index is 0.538. The lowest BCUT2D eigenvalue weighted by Gasteiger charge is -2.09. The van der Waals surface area contributed by atoms with E-state index in [1.165, 1.54) is 6.07 Å². The fourth-order valence-electron chi connectivity index (χ4n) is 1.01. The second kappa shape index (κ2) is 4.02. The maximum absolute atomic E-state index is 12.9. The third kappa shape index (κ3) is 2.47. The maximum atomic E-state index is 12.9. The summed E-state index contributed by atoms with van der Waals surface area (Å²) >= 11 is 0. The second-order valence-electron chi connectivity index (χ2n) is 2.52. The smallest absolute Gasteiger partial charge is 0.206 e. The van der Waals surface area contributed by atoms with E-state index in [-0.39, 0.29) is 0 Å². The molecule has 0 bridgehead atoms. The van der Waals surface area contributed by atoms with Crippen molar-refractivity contribution in [3.8, 4) is 17.9 Å². The van der Waals surface area contributed by atoms with Gasteiger partial charge in [-0.15, -0.1) is 0 Å². The zero-order chi connectivity index (χ0) is 11.5. The first kappa shape index (κ1) is 11.1. The summed E-state index contributed by atoms with van der Waals surface area (Å²) in [4.78, 5) is 0. The van der Waals surface area contributed by atoms with Crippen molar-refractivity contribution in [3.63, 3.8) is 0 Å². The third-order valence-corrected chi connectivity index (χ3v) is 1.55. The Morgan fingerprint density at radius 3 is 2.40 bits per heavy atom. The minimum atomic E-state index is -4.81. The summed E-state index contributed by atoms with van der Waals surface area (Å²) in [5.41, 5.74) is -1.98. The molecule has 0 aliphatic carbocycles. The highest BCUT2D eigenvalue weighted by atomic mass is 19.4. The van der Waals surface area contributed by atoms with Crippen molar-refractivity contribution in [3.05, 3.63) is 35.1 Å². The van der Waals surface area contributed by atoms with Gasteiger partial charge in [-0.1, -0.05) is 6.07 Å². The minimum Gasteiger partial charge on any atom is -0.206 e. The molecule has 1 nitrogen and oxygen atoms in total. The Labute approximate surface area is 82.9 Å². The highest BCUT2D eigenvalue weighted by molar-refractivity contribution is 5.45. The molecular weight excluding hydrogens is 210 g/mol. The van der Waals surface area contributed by atoms with Crippen LogP contribution in [0, 0.1) is 29.0 Å². The number of hydrogen-bond acceptors (Lipinski definition) is 1. The molecule has 1 rings (SSSR count). The van der Waals surface area contributed by atoms with Crippen LogP contribution in [0.2, 0.25) is 0 Å². The molecule has 0 spiro atoms. The number of hydrogen-bond donors (Lipinski definition) is 0. The molecule has 0 unspecified atom stereocenters. The van der Waals surface area contributed by atoms with Crippen LogP contribution in [0.15, 0.2) is 18.2 Å². The quantitative estimate of drug-likeness (QED) is 0.480. The molecule has 0 fully saturated rings. The Balaban J connectivity index is 3.42. The van der Waals surface area contributed by atoms with E-state index in [0.717, 1.165) is 12.1 Å². The molecule has 0 aliphatic rings. The topological polar surface area (TPSA) is 23.8 Å². The number of nitrogens with zero attached hydrogens (tertiary/aromatic N) is 1. The maximum Gasteiger partial charge on any atom is 0.420 e. The van der Waals surface area contributed by atoms with Crippen molar-refractivity contribution in [2.75, 3.05) is 0 Å². The number of halogens is 4. The monoisotopic (exact) mass is 213 g/mol. The van der Waals surface area contributed by atoms with Crippen molar-refractivity contribution < 1.29 is 17.6 Å². The molecular formula is C10H3F4N. The molecule has 0 radical (unpaired) electrons. The molecule has 0 saturated carbocycles. The van der Waals surface area contributed by atoms with Gasteiger partial charge in [0.25, 0.3) is 0 Å². The van der Waals surface area contributed by atoms with Crippen molar-refractivity contribution in [2.24, 2.45) is 0 Å². The lowest BCUT2D eigenvalue weighted by atomic mass is 10.1. The Kier molecular flexibility index (Phi) is 2.96. The van der Waals surface area contributed by atoms with Gasteiger partial charge in [-0.3, -0.25) is 0 Å². The summed E-state index contributed by atoms with van der Waals surface area (Å²) in [6.07, 6.45) is -4.81. The van der Waals surface area contributed by atoms with Crippen molar-refractivity contribution in [1.82, 2.24) is 0 Å². The standard InChI is InChI=1S/C10H3F4N/c11-8-5-1-3-7(4-2-6-15)9(8)10(12,13)14/h1,3,5H. The summed E-state index contributed by atoms with van der Waals surface area (Å²) in [7, 11) is 0. The van der Waals surface area contributed by atoms with Gasteiger partial charge in [0.2, 0.25) is 0 Å². The number of rotatable bonds is 0. The molecule has 76 valence electrons. The van der Waals surface area contributed by atoms with E-state index in [1.54, 1.807) is 5.92 Å². The molecule has 0 aliphatic heterocycles. The van der Waals surface area contributed by atoms with Gasteiger partial charge in [-0.2, -0.15) is 18.4 Å². The van der Waals surface area contributed by atoms with Crippen LogP contribution in [0.5, 0.6) is 0 Å². The highest BCUT2D eigenvalue weighted by Crippen LogP contribution is 2.33. The van der Waals surface area contributed by atoms with Gasteiger partial charge in [0, 0.05) is 11.5 Å². The van der Waals surface area contributed by atoms with E-state index in [9.17, 15) is 17.6 Å². The SMILES string of the molecule is N#CC#Cc1cccc(F)c1C(F)(F)F. The predicted octanol–water partition coefficient (Wildman–Crippen LogP) is 2.72. The summed E-state index contributed by atoms with van der Waals surface area (Å²) in [6.45, 7) is 0. The van der Waals surface area contributed by atoms with Gasteiger partial charge in [-0.25, -0.2) is 4.39 Å². The van der Waals surface area contributed by atoms with Crippen LogP contribution >= 0.6 is 0 Å². The number of benzene rings is 1. The van der Waals surface area contributed by atoms with Gasteiger partial charge < -0.3 is 0 Å². The lowest BCUT2D eigenvalue weighted by molar-refractivity contribution is -0.140. The average molecular weight is 213 g/mol. The molecule has 1 aromatic carbocycles. The van der Waals surface area contributed by atoms with Crippen LogP contribution in [0.3, 0.4) is 0 Å². The van der Waals surface area contributed by atoms with E-state index >= 15 is 0 Å². The molecule has 5 heteroatoms. The van der Waals surface area contributed by atoms with E-state index in [4.69, 9.17) is 5.26 Å². The van der Waals surface area contributed by atoms with Crippen LogP contribution in [0.1, 0.15) is 11.1 Å². The zero-order valence-electron chi connectivity index (χ0n) is 7.19. The largest absolute Gasteiger partial charge is 0.420 e. The molecule has 0 heterocycles. The fraction of sp³-hybridized carbons (Fsp3) is 0.100. The van der Waals surface area contributed by atoms with Crippen LogP contribution in [0.4, 0.5) is 17.6 Å². The summed E-state index contributed by atoms with van der Waals surface area (Å²) < 4.78 is 49.9. The molecule has 0 atom stereocenters. The van der Waals surface area contributed by atoms with E-state index in [0.29, 0.717) is 6.07 Å². The average Bonchev–Trinajstić information content (AvgIpc) is 2.12. The van der Waals surface area contributed by atoms with Crippen LogP contribution < -0.4 is 0 Å². The molecule has 15 heavy (non-hydrogen) atoms. The molecule has 0 N–H and O–H groups in total. The van der Waals surface area contributed by atoms with Crippen LogP contribution in [0.25, 0.3) is 0 Å². The molecule has 0 saturated heterocycles. The third-order valence-electron chi connectivity index (χ3n) is 1.55. The fourth-order valence-corrected chi connectivity index (χ4v) is 1.01. The first-order chi connectivity index (χ1) is 6.96. The van der Waals surface area contributed by atoms with Crippen molar-refractivity contribution >= 4 is 0 Å². The highest BCUT2D eigenvalue weighted by Gasteiger charge is 2.36. The molecule has 0 amide bonds. The van der Waals surface area contributed by atoms with Gasteiger partial charge in [0.1, 0.15) is 11.4 Å². The summed E-state index contributed by atoms with van der Waals surface area (Å²) in [5, 5.41) is 8.09.